The van der Waals surface area contributed by atoms with Crippen molar-refractivity contribution in [3.05, 3.63) is 50.5 Å². The third-order valence-electron chi connectivity index (χ3n) is 7.69. The molecule has 162 valence electrons. The second-order valence-electron chi connectivity index (χ2n) is 10.1. The molecule has 0 unspecified atom stereocenters. The Kier molecular flexibility index (Phi) is 4.15. The molecule has 2 aliphatic carbocycles. The van der Waals surface area contributed by atoms with Gasteiger partial charge in [0.05, 0.1) is 11.3 Å². The van der Waals surface area contributed by atoms with E-state index in [-0.39, 0.29) is 22.6 Å². The maximum absolute atomic E-state index is 14.3. The van der Waals surface area contributed by atoms with Gasteiger partial charge in [0.1, 0.15) is 0 Å². The van der Waals surface area contributed by atoms with Crippen LogP contribution in [0.1, 0.15) is 69.5 Å². The Morgan fingerprint density at radius 3 is 2.77 bits per heavy atom. The first kappa shape index (κ1) is 19.4. The summed E-state index contributed by atoms with van der Waals surface area (Å²) in [4.78, 5) is 14.3. The van der Waals surface area contributed by atoms with Crippen LogP contribution in [0.3, 0.4) is 0 Å². The molecule has 3 heterocycles. The maximum Gasteiger partial charge on any atom is 0.259 e. The second kappa shape index (κ2) is 6.62. The van der Waals surface area contributed by atoms with Crippen LogP contribution in [-0.4, -0.2) is 31.4 Å². The number of hydrogen-bond donors (Lipinski definition) is 1. The van der Waals surface area contributed by atoms with Gasteiger partial charge in [-0.25, -0.2) is 5.10 Å². The number of nitrogens with zero attached hydrogens (tertiary/aromatic N) is 3. The van der Waals surface area contributed by atoms with Crippen molar-refractivity contribution >= 4 is 18.0 Å². The SMILES string of the molecule is CC1(C)C[C@H](n2c(=O)c3c(n4c(=S)[nH]nc24)-c2ccccc2CC32CCCC2)CCO1. The molecule has 0 amide bonds. The van der Waals surface area contributed by atoms with E-state index in [0.29, 0.717) is 17.2 Å². The van der Waals surface area contributed by atoms with Crippen LogP contribution in [0.2, 0.25) is 0 Å². The first-order valence-corrected chi connectivity index (χ1v) is 11.8. The summed E-state index contributed by atoms with van der Waals surface area (Å²) in [7, 11) is 0. The number of aromatic amines is 1. The highest BCUT2D eigenvalue weighted by Gasteiger charge is 2.46. The molecule has 1 N–H and O–H groups in total. The summed E-state index contributed by atoms with van der Waals surface area (Å²) in [6.45, 7) is 4.85. The molecular weight excluding hydrogens is 408 g/mol. The summed E-state index contributed by atoms with van der Waals surface area (Å²) >= 11 is 5.72. The molecule has 3 aliphatic rings. The summed E-state index contributed by atoms with van der Waals surface area (Å²) in [5.41, 5.74) is 4.10. The number of ether oxygens (including phenoxy) is 1. The first-order chi connectivity index (χ1) is 14.9. The van der Waals surface area contributed by atoms with Crippen molar-refractivity contribution in [2.24, 2.45) is 0 Å². The summed E-state index contributed by atoms with van der Waals surface area (Å²) in [5, 5.41) is 7.55. The summed E-state index contributed by atoms with van der Waals surface area (Å²) < 4.78 is 10.5. The van der Waals surface area contributed by atoms with Crippen molar-refractivity contribution < 1.29 is 4.74 Å². The average molecular weight is 437 g/mol. The Balaban J connectivity index is 1.73. The van der Waals surface area contributed by atoms with Gasteiger partial charge >= 0.3 is 0 Å². The third-order valence-corrected chi connectivity index (χ3v) is 7.97. The molecule has 6 nitrogen and oxygen atoms in total. The lowest BCUT2D eigenvalue weighted by Crippen LogP contribution is -2.44. The van der Waals surface area contributed by atoms with Gasteiger partial charge in [0.25, 0.3) is 5.56 Å². The summed E-state index contributed by atoms with van der Waals surface area (Å²) in [5.74, 6) is 0.626. The lowest BCUT2D eigenvalue weighted by atomic mass is 9.68. The van der Waals surface area contributed by atoms with Gasteiger partial charge < -0.3 is 4.74 Å². The molecule has 1 saturated carbocycles. The van der Waals surface area contributed by atoms with E-state index in [2.05, 4.69) is 48.3 Å². The Labute approximate surface area is 186 Å². The van der Waals surface area contributed by atoms with Crippen molar-refractivity contribution in [2.75, 3.05) is 6.61 Å². The standard InChI is InChI=1S/C24H28N4O2S/c1-23(2)14-16(9-12-30-23)27-20(29)18-19(28-21(27)25-26-22(28)31)17-8-4-3-7-15(17)13-24(18)10-5-6-11-24/h3-4,7-8,16H,5-6,9-14H2,1-2H3,(H,26,31)/t16-/m1/s1. The number of benzene rings is 1. The predicted octanol–water partition coefficient (Wildman–Crippen LogP) is 4.72. The maximum atomic E-state index is 14.3. The van der Waals surface area contributed by atoms with E-state index in [9.17, 15) is 4.79 Å². The fraction of sp³-hybridized carbons (Fsp3) is 0.542. The van der Waals surface area contributed by atoms with Crippen LogP contribution >= 0.6 is 12.2 Å². The minimum Gasteiger partial charge on any atom is -0.375 e. The van der Waals surface area contributed by atoms with Gasteiger partial charge in [-0.15, -0.1) is 5.10 Å². The van der Waals surface area contributed by atoms with Gasteiger partial charge in [-0.2, -0.15) is 0 Å². The van der Waals surface area contributed by atoms with E-state index in [0.717, 1.165) is 48.9 Å². The zero-order valence-corrected chi connectivity index (χ0v) is 18.9. The van der Waals surface area contributed by atoms with Gasteiger partial charge in [-0.1, -0.05) is 37.1 Å². The highest BCUT2D eigenvalue weighted by molar-refractivity contribution is 7.71. The van der Waals surface area contributed by atoms with Crippen LogP contribution in [0, 0.1) is 4.77 Å². The molecule has 0 bridgehead atoms. The molecule has 1 aliphatic heterocycles. The van der Waals surface area contributed by atoms with Gasteiger partial charge in [0.2, 0.25) is 10.5 Å². The van der Waals surface area contributed by atoms with Crippen LogP contribution in [-0.2, 0) is 16.6 Å². The van der Waals surface area contributed by atoms with E-state index >= 15 is 0 Å². The van der Waals surface area contributed by atoms with Crippen molar-refractivity contribution in [2.45, 2.75) is 75.9 Å². The highest BCUT2D eigenvalue weighted by atomic mass is 32.1. The molecular formula is C24H28N4O2S. The van der Waals surface area contributed by atoms with Crippen LogP contribution in [0.15, 0.2) is 29.1 Å². The van der Waals surface area contributed by atoms with Crippen LogP contribution in [0.25, 0.3) is 17.0 Å². The van der Waals surface area contributed by atoms with Gasteiger partial charge in [-0.3, -0.25) is 13.8 Å². The zero-order valence-electron chi connectivity index (χ0n) is 18.1. The fourth-order valence-electron chi connectivity index (χ4n) is 6.40. The smallest absolute Gasteiger partial charge is 0.259 e. The Bertz CT molecular complexity index is 1310. The number of fused-ring (bicyclic) bond motifs is 6. The number of aromatic nitrogens is 4. The molecule has 1 aromatic carbocycles. The van der Waals surface area contributed by atoms with E-state index in [4.69, 9.17) is 17.0 Å². The van der Waals surface area contributed by atoms with Crippen molar-refractivity contribution in [1.29, 1.82) is 0 Å². The Morgan fingerprint density at radius 2 is 2.00 bits per heavy atom. The predicted molar refractivity (Wildman–Crippen MR) is 122 cm³/mol. The van der Waals surface area contributed by atoms with E-state index in [1.165, 1.54) is 18.4 Å². The second-order valence-corrected chi connectivity index (χ2v) is 10.5. The van der Waals surface area contributed by atoms with Crippen molar-refractivity contribution in [3.63, 3.8) is 0 Å². The molecule has 7 heteroatoms. The Hall–Kier alpha value is -2.25. The molecule has 2 aromatic heterocycles. The van der Waals surface area contributed by atoms with Crippen LogP contribution in [0.4, 0.5) is 0 Å². The average Bonchev–Trinajstić information content (AvgIpc) is 3.34. The third kappa shape index (κ3) is 2.75. The van der Waals surface area contributed by atoms with Crippen molar-refractivity contribution in [3.8, 4) is 11.3 Å². The first-order valence-electron chi connectivity index (χ1n) is 11.4. The largest absolute Gasteiger partial charge is 0.375 e. The monoisotopic (exact) mass is 436 g/mol. The topological polar surface area (TPSA) is 64.3 Å². The van der Waals surface area contributed by atoms with Gasteiger partial charge in [0.15, 0.2) is 0 Å². The molecule has 1 saturated heterocycles. The number of hydrogen-bond acceptors (Lipinski definition) is 4. The summed E-state index contributed by atoms with van der Waals surface area (Å²) in [6, 6.07) is 8.54. The molecule has 2 fully saturated rings. The van der Waals surface area contributed by atoms with Crippen LogP contribution in [0.5, 0.6) is 0 Å². The normalized spacial score (nSPS) is 23.7. The molecule has 3 aromatic rings. The lowest BCUT2D eigenvalue weighted by Gasteiger charge is -2.39. The van der Waals surface area contributed by atoms with E-state index in [1.54, 1.807) is 0 Å². The molecule has 0 radical (unpaired) electrons. The van der Waals surface area contributed by atoms with Gasteiger partial charge in [-0.05, 0) is 63.7 Å². The minimum atomic E-state index is -0.264. The number of nitrogens with one attached hydrogen (secondary N) is 1. The zero-order chi connectivity index (χ0) is 21.4. The number of rotatable bonds is 1. The van der Waals surface area contributed by atoms with E-state index < -0.39 is 0 Å². The highest BCUT2D eigenvalue weighted by Crippen LogP contribution is 2.50. The van der Waals surface area contributed by atoms with Crippen LogP contribution < -0.4 is 5.56 Å². The molecule has 6 rings (SSSR count). The summed E-state index contributed by atoms with van der Waals surface area (Å²) in [6.07, 6.45) is 6.96. The van der Waals surface area contributed by atoms with E-state index in [1.807, 2.05) is 8.97 Å². The fourth-order valence-corrected chi connectivity index (χ4v) is 6.61. The minimum absolute atomic E-state index is 0.0462. The quantitative estimate of drug-likeness (QED) is 0.561. The molecule has 1 spiro atoms. The molecule has 31 heavy (non-hydrogen) atoms. The Morgan fingerprint density at radius 1 is 1.23 bits per heavy atom. The van der Waals surface area contributed by atoms with Crippen molar-refractivity contribution in [1.82, 2.24) is 19.2 Å². The number of H-pyrrole nitrogens is 1. The van der Waals surface area contributed by atoms with Gasteiger partial charge in [0, 0.05) is 29.2 Å². The molecule has 1 atom stereocenters. The lowest BCUT2D eigenvalue weighted by molar-refractivity contribution is -0.0691.